The quantitative estimate of drug-likeness (QED) is 0.324. The van der Waals surface area contributed by atoms with Gasteiger partial charge in [-0.15, -0.1) is 0 Å². The highest BCUT2D eigenvalue weighted by atomic mass is 35.5. The Morgan fingerprint density at radius 3 is 2.71 bits per heavy atom. The topological polar surface area (TPSA) is 155 Å². The van der Waals surface area contributed by atoms with Crippen LogP contribution in [0.1, 0.15) is 19.0 Å². The maximum atomic E-state index is 14.3. The Morgan fingerprint density at radius 1 is 1.24 bits per heavy atom. The molecule has 5 N–H and O–H groups in total. The second-order valence-electron chi connectivity index (χ2n) is 9.35. The van der Waals surface area contributed by atoms with Gasteiger partial charge in [0.05, 0.1) is 12.0 Å². The van der Waals surface area contributed by atoms with Gasteiger partial charge in [-0.05, 0) is 25.1 Å². The molecule has 0 aliphatic carbocycles. The summed E-state index contributed by atoms with van der Waals surface area (Å²) in [6, 6.07) is 4.71. The van der Waals surface area contributed by atoms with E-state index in [1.165, 1.54) is 17.0 Å². The van der Waals surface area contributed by atoms with Crippen molar-refractivity contribution in [3.8, 4) is 0 Å². The molecule has 204 valence electrons. The van der Waals surface area contributed by atoms with Gasteiger partial charge in [-0.1, -0.05) is 11.6 Å². The van der Waals surface area contributed by atoms with Crippen molar-refractivity contribution in [2.45, 2.75) is 37.9 Å². The van der Waals surface area contributed by atoms with Crippen LogP contribution in [0.5, 0.6) is 0 Å². The second-order valence-corrected chi connectivity index (χ2v) is 9.78. The molecule has 0 spiro atoms. The molecule has 2 aliphatic heterocycles. The third-order valence-electron chi connectivity index (χ3n) is 6.89. The molecule has 12 nitrogen and oxygen atoms in total. The first kappa shape index (κ1) is 26.5. The van der Waals surface area contributed by atoms with Gasteiger partial charge in [0.25, 0.3) is 5.91 Å². The molecule has 2 fully saturated rings. The predicted molar refractivity (Wildman–Crippen MR) is 138 cm³/mol. The minimum Gasteiger partial charge on any atom is -0.387 e. The normalized spacial score (nSPS) is 24.3. The fourth-order valence-corrected chi connectivity index (χ4v) is 5.03. The molecule has 14 heteroatoms. The number of nitrogens with one attached hydrogen (secondary N) is 1. The number of hydrogen-bond acceptors (Lipinski definition) is 10. The van der Waals surface area contributed by atoms with Gasteiger partial charge < -0.3 is 30.9 Å². The number of nitrogens with two attached hydrogens (primary N) is 1. The number of likely N-dealkylation sites (N-methyl/N-ethyl adjacent to an activating group) is 1. The summed E-state index contributed by atoms with van der Waals surface area (Å²) < 4.78 is 21.5. The summed E-state index contributed by atoms with van der Waals surface area (Å²) in [5.41, 5.74) is 7.36. The molecule has 1 amide bonds. The zero-order chi connectivity index (χ0) is 27.0. The van der Waals surface area contributed by atoms with Crippen molar-refractivity contribution < 1.29 is 24.1 Å². The van der Waals surface area contributed by atoms with Crippen LogP contribution in [0.4, 0.5) is 15.9 Å². The van der Waals surface area contributed by atoms with E-state index in [-0.39, 0.29) is 11.6 Å². The number of carbonyl (C=O) groups excluding carboxylic acids is 1. The molecule has 2 saturated heterocycles. The largest absolute Gasteiger partial charge is 0.387 e. The molecule has 4 atom stereocenters. The molecule has 0 saturated carbocycles. The number of imidazole rings is 1. The summed E-state index contributed by atoms with van der Waals surface area (Å²) in [7, 11) is 0. The molecule has 3 aromatic rings. The molecule has 38 heavy (non-hydrogen) atoms. The zero-order valence-electron chi connectivity index (χ0n) is 20.8. The monoisotopic (exact) mass is 548 g/mol. The molecule has 2 aliphatic rings. The van der Waals surface area contributed by atoms with Crippen LogP contribution in [0, 0.1) is 5.82 Å². The minimum atomic E-state index is -1.41. The molecule has 0 bridgehead atoms. The fraction of sp³-hybridized carbons (Fsp3) is 0.500. The number of fused-ring (bicyclic) bond motifs is 1. The standard InChI is InChI=1S/C24H30ClFN8O4/c1-2-28-23(37)20-18(35)19(36)24(38-20)34-12-29-17-21(27)30-16(31-22(17)34)5-6-32-7-9-33(10-8-32)15-4-3-13(25)11-14(15)26/h3-4,11-12,18-20,24,35-36H,2,5-10H2,1H3,(H,28,37)(H2,27,30,31)/t18-,19+,20-,24+/m0/s1. The number of ether oxygens (including phenoxy) is 1. The van der Waals surface area contributed by atoms with E-state index in [0.717, 1.165) is 13.1 Å². The number of halogens is 2. The van der Waals surface area contributed by atoms with E-state index in [0.29, 0.717) is 60.3 Å². The lowest BCUT2D eigenvalue weighted by atomic mass is 10.1. The first-order valence-corrected chi connectivity index (χ1v) is 12.8. The molecule has 0 unspecified atom stereocenters. The van der Waals surface area contributed by atoms with Crippen LogP contribution < -0.4 is 16.0 Å². The van der Waals surface area contributed by atoms with Crippen LogP contribution in [-0.4, -0.2) is 98.1 Å². The summed E-state index contributed by atoms with van der Waals surface area (Å²) >= 11 is 5.87. The first-order chi connectivity index (χ1) is 18.3. The Hall–Kier alpha value is -3.10. The van der Waals surface area contributed by atoms with Gasteiger partial charge in [0.1, 0.15) is 29.4 Å². The number of nitrogen functional groups attached to an aromatic ring is 1. The van der Waals surface area contributed by atoms with Gasteiger partial charge in [-0.2, -0.15) is 0 Å². The number of anilines is 2. The van der Waals surface area contributed by atoms with Crippen LogP contribution in [0.25, 0.3) is 11.2 Å². The Bertz CT molecular complexity index is 1320. The predicted octanol–water partition coefficient (Wildman–Crippen LogP) is 0.321. The van der Waals surface area contributed by atoms with Crippen molar-refractivity contribution in [3.63, 3.8) is 0 Å². The van der Waals surface area contributed by atoms with Crippen molar-refractivity contribution in [2.75, 3.05) is 49.9 Å². The van der Waals surface area contributed by atoms with Gasteiger partial charge in [0.2, 0.25) is 0 Å². The summed E-state index contributed by atoms with van der Waals surface area (Å²) in [6.07, 6.45) is -3.20. The van der Waals surface area contributed by atoms with Gasteiger partial charge in [0, 0.05) is 50.7 Å². The van der Waals surface area contributed by atoms with E-state index in [2.05, 4.69) is 25.2 Å². The molecule has 4 heterocycles. The van der Waals surface area contributed by atoms with Crippen molar-refractivity contribution in [1.82, 2.24) is 29.7 Å². The molecule has 2 aromatic heterocycles. The Morgan fingerprint density at radius 2 is 2.00 bits per heavy atom. The van der Waals surface area contributed by atoms with Crippen molar-refractivity contribution >= 4 is 40.2 Å². The lowest BCUT2D eigenvalue weighted by molar-refractivity contribution is -0.137. The average molecular weight is 549 g/mol. The number of nitrogens with zero attached hydrogens (tertiary/aromatic N) is 6. The van der Waals surface area contributed by atoms with E-state index in [1.54, 1.807) is 19.1 Å². The smallest absolute Gasteiger partial charge is 0.252 e. The number of benzene rings is 1. The maximum absolute atomic E-state index is 14.3. The lowest BCUT2D eigenvalue weighted by Crippen LogP contribution is -2.47. The van der Waals surface area contributed by atoms with E-state index in [4.69, 9.17) is 22.1 Å². The molecule has 5 rings (SSSR count). The van der Waals surface area contributed by atoms with Crippen LogP contribution in [0.2, 0.25) is 5.02 Å². The number of rotatable bonds is 7. The molecular formula is C24H30ClFN8O4. The number of carbonyl (C=O) groups is 1. The van der Waals surface area contributed by atoms with E-state index in [9.17, 15) is 19.4 Å². The van der Waals surface area contributed by atoms with E-state index < -0.39 is 30.4 Å². The number of aliphatic hydroxyl groups is 2. The number of piperazine rings is 1. The number of hydrogen-bond donors (Lipinski definition) is 4. The number of amides is 1. The SMILES string of the molecule is CCNC(=O)[C@H]1O[C@@H](n2cnc3c(N)nc(CCN4CCN(c5ccc(Cl)cc5F)CC4)nc32)[C@H](O)[C@@H]1O. The Labute approximate surface area is 223 Å². The van der Waals surface area contributed by atoms with E-state index in [1.807, 2.05) is 4.90 Å². The van der Waals surface area contributed by atoms with Gasteiger partial charge in [-0.3, -0.25) is 14.3 Å². The minimum absolute atomic E-state index is 0.181. The molecular weight excluding hydrogens is 519 g/mol. The molecule has 0 radical (unpaired) electrons. The number of aromatic nitrogens is 4. The lowest BCUT2D eigenvalue weighted by Gasteiger charge is -2.36. The highest BCUT2D eigenvalue weighted by molar-refractivity contribution is 6.30. The van der Waals surface area contributed by atoms with Gasteiger partial charge >= 0.3 is 0 Å². The third-order valence-corrected chi connectivity index (χ3v) is 7.13. The van der Waals surface area contributed by atoms with Crippen molar-refractivity contribution in [3.05, 3.63) is 41.2 Å². The number of aliphatic hydroxyl groups excluding tert-OH is 2. The van der Waals surface area contributed by atoms with E-state index >= 15 is 0 Å². The summed E-state index contributed by atoms with van der Waals surface area (Å²) in [5, 5.41) is 24.0. The summed E-state index contributed by atoms with van der Waals surface area (Å²) in [5.74, 6) is -0.183. The highest BCUT2D eigenvalue weighted by Crippen LogP contribution is 2.32. The molecule has 1 aromatic carbocycles. The van der Waals surface area contributed by atoms with Crippen LogP contribution in [-0.2, 0) is 16.0 Å². The van der Waals surface area contributed by atoms with Crippen LogP contribution >= 0.6 is 11.6 Å². The second kappa shape index (κ2) is 10.9. The third kappa shape index (κ3) is 5.12. The average Bonchev–Trinajstić information content (AvgIpc) is 3.44. The Kier molecular flexibility index (Phi) is 7.63. The summed E-state index contributed by atoms with van der Waals surface area (Å²) in [4.78, 5) is 29.7. The fourth-order valence-electron chi connectivity index (χ4n) is 4.87. The van der Waals surface area contributed by atoms with Crippen molar-refractivity contribution in [2.24, 2.45) is 0 Å². The highest BCUT2D eigenvalue weighted by Gasteiger charge is 2.47. The van der Waals surface area contributed by atoms with Crippen molar-refractivity contribution in [1.29, 1.82) is 0 Å². The van der Waals surface area contributed by atoms with Gasteiger partial charge in [0.15, 0.2) is 23.8 Å². The van der Waals surface area contributed by atoms with Crippen LogP contribution in [0.15, 0.2) is 24.5 Å². The Balaban J connectivity index is 1.26. The van der Waals surface area contributed by atoms with Crippen LogP contribution in [0.3, 0.4) is 0 Å². The zero-order valence-corrected chi connectivity index (χ0v) is 21.6. The first-order valence-electron chi connectivity index (χ1n) is 12.5. The maximum Gasteiger partial charge on any atom is 0.252 e. The van der Waals surface area contributed by atoms with Gasteiger partial charge in [-0.25, -0.2) is 19.3 Å². The summed E-state index contributed by atoms with van der Waals surface area (Å²) in [6.45, 7) is 5.57.